The Morgan fingerprint density at radius 3 is 2.85 bits per heavy atom. The van der Waals surface area contributed by atoms with Crippen LogP contribution in [0.15, 0.2) is 36.7 Å². The van der Waals surface area contributed by atoms with Crippen LogP contribution in [0.3, 0.4) is 0 Å². The minimum atomic E-state index is 0.457. The van der Waals surface area contributed by atoms with Crippen LogP contribution in [0.2, 0.25) is 0 Å². The monoisotopic (exact) mass is 268 g/mol. The van der Waals surface area contributed by atoms with Crippen LogP contribution in [0, 0.1) is 5.92 Å². The number of nitrogens with one attached hydrogen (secondary N) is 1. The van der Waals surface area contributed by atoms with Crippen LogP contribution in [0.5, 0.6) is 0 Å². The Bertz CT molecular complexity index is 555. The first-order valence-electron chi connectivity index (χ1n) is 7.94. The summed E-state index contributed by atoms with van der Waals surface area (Å²) in [6, 6.07) is 9.07. The normalized spacial score (nSPS) is 17.1. The summed E-state index contributed by atoms with van der Waals surface area (Å²) in [4.78, 5) is 4.45. The van der Waals surface area contributed by atoms with Crippen molar-refractivity contribution in [3.05, 3.63) is 42.2 Å². The molecule has 1 unspecified atom stereocenters. The van der Waals surface area contributed by atoms with E-state index in [0.29, 0.717) is 6.04 Å². The largest absolute Gasteiger partial charge is 0.310 e. The molecule has 1 aromatic carbocycles. The maximum atomic E-state index is 4.45. The quantitative estimate of drug-likeness (QED) is 0.836. The van der Waals surface area contributed by atoms with Crippen molar-refractivity contribution in [2.45, 2.75) is 45.1 Å². The van der Waals surface area contributed by atoms with Gasteiger partial charge in [0, 0.05) is 23.8 Å². The number of rotatable bonds is 6. The lowest BCUT2D eigenvalue weighted by molar-refractivity contribution is 0.261. The molecule has 1 aliphatic rings. The molecule has 2 nitrogen and oxygen atoms in total. The third-order valence-corrected chi connectivity index (χ3v) is 4.51. The lowest BCUT2D eigenvalue weighted by Crippen LogP contribution is -2.27. The minimum Gasteiger partial charge on any atom is -0.310 e. The predicted octanol–water partition coefficient (Wildman–Crippen LogP) is 4.47. The van der Waals surface area contributed by atoms with Crippen LogP contribution >= 0.6 is 0 Å². The van der Waals surface area contributed by atoms with Gasteiger partial charge >= 0.3 is 0 Å². The Morgan fingerprint density at radius 2 is 2.10 bits per heavy atom. The molecule has 106 valence electrons. The number of nitrogens with zero attached hydrogens (tertiary/aromatic N) is 1. The molecule has 1 N–H and O–H groups in total. The molecule has 0 spiro atoms. The smallest absolute Gasteiger partial charge is 0.0346 e. The van der Waals surface area contributed by atoms with Crippen LogP contribution < -0.4 is 5.32 Å². The van der Waals surface area contributed by atoms with Gasteiger partial charge in [-0.2, -0.15) is 0 Å². The maximum absolute atomic E-state index is 4.45. The SMILES string of the molecule is CCCNC(CC1CCC1)c1cncc2ccccc12. The molecule has 1 aliphatic carbocycles. The summed E-state index contributed by atoms with van der Waals surface area (Å²) in [7, 11) is 0. The van der Waals surface area contributed by atoms with Gasteiger partial charge < -0.3 is 5.32 Å². The molecule has 1 saturated carbocycles. The molecule has 2 aromatic rings. The zero-order chi connectivity index (χ0) is 13.8. The Morgan fingerprint density at radius 1 is 1.25 bits per heavy atom. The van der Waals surface area contributed by atoms with Crippen LogP contribution in [-0.4, -0.2) is 11.5 Å². The zero-order valence-electron chi connectivity index (χ0n) is 12.3. The molecule has 2 heteroatoms. The zero-order valence-corrected chi connectivity index (χ0v) is 12.3. The van der Waals surface area contributed by atoms with Crippen LogP contribution in [0.25, 0.3) is 10.8 Å². The first-order valence-corrected chi connectivity index (χ1v) is 7.94. The molecule has 3 rings (SSSR count). The molecular weight excluding hydrogens is 244 g/mol. The number of fused-ring (bicyclic) bond motifs is 1. The van der Waals surface area contributed by atoms with Gasteiger partial charge in [0.1, 0.15) is 0 Å². The van der Waals surface area contributed by atoms with Gasteiger partial charge in [-0.25, -0.2) is 0 Å². The average Bonchev–Trinajstić information content (AvgIpc) is 2.45. The van der Waals surface area contributed by atoms with Crippen molar-refractivity contribution in [3.8, 4) is 0 Å². The third kappa shape index (κ3) is 2.85. The number of hydrogen-bond acceptors (Lipinski definition) is 2. The van der Waals surface area contributed by atoms with E-state index < -0.39 is 0 Å². The molecule has 0 saturated heterocycles. The summed E-state index contributed by atoms with van der Waals surface area (Å²) in [5, 5.41) is 6.35. The first kappa shape index (κ1) is 13.6. The Balaban J connectivity index is 1.90. The van der Waals surface area contributed by atoms with Gasteiger partial charge in [-0.15, -0.1) is 0 Å². The fraction of sp³-hybridized carbons (Fsp3) is 0.500. The number of pyridine rings is 1. The highest BCUT2D eigenvalue weighted by Crippen LogP contribution is 2.36. The van der Waals surface area contributed by atoms with Gasteiger partial charge in [0.15, 0.2) is 0 Å². The van der Waals surface area contributed by atoms with Crippen molar-refractivity contribution in [2.24, 2.45) is 5.92 Å². The lowest BCUT2D eigenvalue weighted by Gasteiger charge is -2.31. The van der Waals surface area contributed by atoms with Gasteiger partial charge in [-0.05, 0) is 36.3 Å². The van der Waals surface area contributed by atoms with Gasteiger partial charge in [0.2, 0.25) is 0 Å². The van der Waals surface area contributed by atoms with Crippen molar-refractivity contribution in [1.29, 1.82) is 0 Å². The summed E-state index contributed by atoms with van der Waals surface area (Å²) in [5.74, 6) is 0.906. The van der Waals surface area contributed by atoms with E-state index in [1.54, 1.807) is 0 Å². The molecule has 0 amide bonds. The summed E-state index contributed by atoms with van der Waals surface area (Å²) in [6.45, 7) is 3.31. The van der Waals surface area contributed by atoms with E-state index in [4.69, 9.17) is 0 Å². The molecule has 0 radical (unpaired) electrons. The molecular formula is C18H24N2. The maximum Gasteiger partial charge on any atom is 0.0346 e. The Kier molecular flexibility index (Phi) is 4.31. The van der Waals surface area contributed by atoms with E-state index in [2.05, 4.69) is 47.7 Å². The van der Waals surface area contributed by atoms with Gasteiger partial charge in [-0.3, -0.25) is 4.98 Å². The van der Waals surface area contributed by atoms with Crippen LogP contribution in [0.4, 0.5) is 0 Å². The predicted molar refractivity (Wildman–Crippen MR) is 84.7 cm³/mol. The molecule has 1 heterocycles. The van der Waals surface area contributed by atoms with Crippen molar-refractivity contribution < 1.29 is 0 Å². The van der Waals surface area contributed by atoms with E-state index in [9.17, 15) is 0 Å². The highest BCUT2D eigenvalue weighted by molar-refractivity contribution is 5.85. The summed E-state index contributed by atoms with van der Waals surface area (Å²) < 4.78 is 0. The van der Waals surface area contributed by atoms with Gasteiger partial charge in [0.05, 0.1) is 0 Å². The standard InChI is InChI=1S/C18H24N2/c1-2-10-20-18(11-14-6-5-7-14)17-13-19-12-15-8-3-4-9-16(15)17/h3-4,8-9,12-14,18,20H,2,5-7,10-11H2,1H3. The van der Waals surface area contributed by atoms with Crippen molar-refractivity contribution >= 4 is 10.8 Å². The topological polar surface area (TPSA) is 24.9 Å². The lowest BCUT2D eigenvalue weighted by atomic mass is 9.79. The van der Waals surface area contributed by atoms with Crippen molar-refractivity contribution in [1.82, 2.24) is 10.3 Å². The molecule has 1 fully saturated rings. The number of benzene rings is 1. The Hall–Kier alpha value is -1.41. The van der Waals surface area contributed by atoms with Crippen LogP contribution in [0.1, 0.15) is 50.6 Å². The second kappa shape index (κ2) is 6.36. The fourth-order valence-electron chi connectivity index (χ4n) is 3.12. The van der Waals surface area contributed by atoms with E-state index in [1.165, 1.54) is 48.4 Å². The second-order valence-corrected chi connectivity index (χ2v) is 5.99. The molecule has 0 aliphatic heterocycles. The molecule has 1 aromatic heterocycles. The number of aromatic nitrogens is 1. The van der Waals surface area contributed by atoms with Gasteiger partial charge in [0.25, 0.3) is 0 Å². The third-order valence-electron chi connectivity index (χ3n) is 4.51. The van der Waals surface area contributed by atoms with E-state index >= 15 is 0 Å². The Labute approximate surface area is 121 Å². The minimum absolute atomic E-state index is 0.457. The highest BCUT2D eigenvalue weighted by atomic mass is 14.9. The van der Waals surface area contributed by atoms with Crippen LogP contribution in [-0.2, 0) is 0 Å². The number of hydrogen-bond donors (Lipinski definition) is 1. The van der Waals surface area contributed by atoms with Gasteiger partial charge in [-0.1, -0.05) is 50.5 Å². The average molecular weight is 268 g/mol. The summed E-state index contributed by atoms with van der Waals surface area (Å²) in [6.07, 6.45) is 10.7. The summed E-state index contributed by atoms with van der Waals surface area (Å²) >= 11 is 0. The van der Waals surface area contributed by atoms with E-state index in [1.807, 2.05) is 6.20 Å². The highest BCUT2D eigenvalue weighted by Gasteiger charge is 2.23. The summed E-state index contributed by atoms with van der Waals surface area (Å²) in [5.41, 5.74) is 1.38. The molecule has 0 bridgehead atoms. The van der Waals surface area contributed by atoms with E-state index in [-0.39, 0.29) is 0 Å². The fourth-order valence-corrected chi connectivity index (χ4v) is 3.12. The molecule has 20 heavy (non-hydrogen) atoms. The molecule has 1 atom stereocenters. The van der Waals surface area contributed by atoms with E-state index in [0.717, 1.165) is 12.5 Å². The van der Waals surface area contributed by atoms with Crippen molar-refractivity contribution in [2.75, 3.05) is 6.54 Å². The second-order valence-electron chi connectivity index (χ2n) is 5.99. The first-order chi connectivity index (χ1) is 9.88. The van der Waals surface area contributed by atoms with Crippen molar-refractivity contribution in [3.63, 3.8) is 0 Å².